The van der Waals surface area contributed by atoms with Gasteiger partial charge in [-0.2, -0.15) is 0 Å². The van der Waals surface area contributed by atoms with Gasteiger partial charge in [-0.15, -0.1) is 0 Å². The second-order valence-corrected chi connectivity index (χ2v) is 6.78. The molecule has 142 valence electrons. The van der Waals surface area contributed by atoms with E-state index in [1.54, 1.807) is 42.4 Å². The minimum atomic E-state index is -0.884. The van der Waals surface area contributed by atoms with Gasteiger partial charge in [0, 0.05) is 37.7 Å². The number of pyridine rings is 1. The van der Waals surface area contributed by atoms with Crippen LogP contribution in [-0.4, -0.2) is 47.4 Å². The van der Waals surface area contributed by atoms with Crippen molar-refractivity contribution in [2.45, 2.75) is 25.3 Å². The van der Waals surface area contributed by atoms with Gasteiger partial charge in [0.1, 0.15) is 11.4 Å². The van der Waals surface area contributed by atoms with E-state index < -0.39 is 5.54 Å². The van der Waals surface area contributed by atoms with E-state index in [9.17, 15) is 14.0 Å². The maximum atomic E-state index is 13.5. The third-order valence-electron chi connectivity index (χ3n) is 4.93. The summed E-state index contributed by atoms with van der Waals surface area (Å²) in [4.78, 5) is 31.2. The molecule has 2 aromatic rings. The number of rotatable bonds is 4. The molecule has 2 N–H and O–H groups in total. The number of likely N-dealkylation sites (N-methyl/N-ethyl adjacent to an activating group) is 1. The van der Waals surface area contributed by atoms with Crippen LogP contribution in [0.4, 0.5) is 10.1 Å². The van der Waals surface area contributed by atoms with Crippen LogP contribution >= 0.6 is 0 Å². The zero-order valence-corrected chi connectivity index (χ0v) is 15.5. The van der Waals surface area contributed by atoms with Gasteiger partial charge >= 0.3 is 0 Å². The molecule has 0 unspecified atom stereocenters. The highest BCUT2D eigenvalue weighted by molar-refractivity contribution is 5.95. The molecule has 0 radical (unpaired) electrons. The lowest BCUT2D eigenvalue weighted by Gasteiger charge is -2.41. The van der Waals surface area contributed by atoms with Gasteiger partial charge in [-0.3, -0.25) is 14.6 Å². The fraction of sp³-hybridized carbons (Fsp3) is 0.350. The molecule has 6 nitrogen and oxygen atoms in total. The van der Waals surface area contributed by atoms with Gasteiger partial charge < -0.3 is 15.5 Å². The molecule has 0 saturated carbocycles. The Kier molecular flexibility index (Phi) is 5.39. The lowest BCUT2D eigenvalue weighted by Crippen LogP contribution is -2.58. The van der Waals surface area contributed by atoms with E-state index in [1.165, 1.54) is 12.1 Å². The number of likely N-dealkylation sites (tertiary alicyclic amines) is 1. The summed E-state index contributed by atoms with van der Waals surface area (Å²) in [5.41, 5.74) is 1.04. The van der Waals surface area contributed by atoms with E-state index in [4.69, 9.17) is 0 Å². The van der Waals surface area contributed by atoms with Crippen molar-refractivity contribution in [3.8, 4) is 0 Å². The Morgan fingerprint density at radius 3 is 2.52 bits per heavy atom. The number of aryl methyl sites for hydroxylation is 1. The minimum Gasteiger partial charge on any atom is -0.371 e. The van der Waals surface area contributed by atoms with Crippen molar-refractivity contribution in [2.75, 3.05) is 25.5 Å². The van der Waals surface area contributed by atoms with Crippen LogP contribution in [0.5, 0.6) is 0 Å². The van der Waals surface area contributed by atoms with E-state index in [-0.39, 0.29) is 17.6 Å². The highest BCUT2D eigenvalue weighted by Crippen LogP contribution is 2.28. The van der Waals surface area contributed by atoms with Crippen LogP contribution in [0.2, 0.25) is 0 Å². The van der Waals surface area contributed by atoms with Gasteiger partial charge in [-0.05, 0) is 50.1 Å². The average molecular weight is 370 g/mol. The molecule has 0 aliphatic carbocycles. The molecule has 27 heavy (non-hydrogen) atoms. The average Bonchev–Trinajstić information content (AvgIpc) is 2.68. The summed E-state index contributed by atoms with van der Waals surface area (Å²) in [6.07, 6.45) is 2.42. The van der Waals surface area contributed by atoms with Crippen molar-refractivity contribution in [2.24, 2.45) is 0 Å². The topological polar surface area (TPSA) is 74.3 Å². The Morgan fingerprint density at radius 1 is 1.19 bits per heavy atom. The summed E-state index contributed by atoms with van der Waals surface area (Å²) in [7, 11) is 1.58. The molecule has 1 aliphatic rings. The molecule has 3 rings (SSSR count). The summed E-state index contributed by atoms with van der Waals surface area (Å²) in [6.45, 7) is 2.70. The van der Waals surface area contributed by atoms with E-state index in [2.05, 4.69) is 15.6 Å². The number of hydrogen-bond donors (Lipinski definition) is 2. The Hall–Kier alpha value is -2.96. The first-order valence-corrected chi connectivity index (χ1v) is 8.91. The normalized spacial score (nSPS) is 15.9. The predicted molar refractivity (Wildman–Crippen MR) is 101 cm³/mol. The number of benzene rings is 1. The van der Waals surface area contributed by atoms with Crippen LogP contribution in [0.25, 0.3) is 0 Å². The summed E-state index contributed by atoms with van der Waals surface area (Å²) in [6, 6.07) is 9.60. The molecular formula is C20H23FN4O2. The third kappa shape index (κ3) is 4.07. The number of piperidine rings is 1. The molecule has 1 aliphatic heterocycles. The monoisotopic (exact) mass is 370 g/mol. The maximum absolute atomic E-state index is 13.5. The molecule has 1 aromatic heterocycles. The summed E-state index contributed by atoms with van der Waals surface area (Å²) in [5, 5.41) is 5.87. The van der Waals surface area contributed by atoms with Gasteiger partial charge in [0.2, 0.25) is 5.91 Å². The number of carbonyl (C=O) groups excluding carboxylic acids is 2. The molecule has 1 fully saturated rings. The van der Waals surface area contributed by atoms with Gasteiger partial charge in [0.05, 0.1) is 5.56 Å². The summed E-state index contributed by atoms with van der Waals surface area (Å²) < 4.78 is 13.5. The molecular weight excluding hydrogens is 347 g/mol. The maximum Gasteiger partial charge on any atom is 0.255 e. The standard InChI is InChI=1S/C20H23FN4O2/c1-14-6-7-15(13-23-14)18(26)25-10-8-20(9-11-25,19(27)22-2)24-17-5-3-4-16(21)12-17/h3-7,12-13,24H,8-11H2,1-2H3,(H,22,27). The lowest BCUT2D eigenvalue weighted by molar-refractivity contribution is -0.126. The largest absolute Gasteiger partial charge is 0.371 e. The first kappa shape index (κ1) is 18.8. The van der Waals surface area contributed by atoms with Crippen LogP contribution < -0.4 is 10.6 Å². The van der Waals surface area contributed by atoms with Crippen molar-refractivity contribution in [3.63, 3.8) is 0 Å². The van der Waals surface area contributed by atoms with E-state index in [0.29, 0.717) is 37.2 Å². The first-order chi connectivity index (χ1) is 12.9. The zero-order valence-electron chi connectivity index (χ0n) is 15.5. The Morgan fingerprint density at radius 2 is 1.93 bits per heavy atom. The van der Waals surface area contributed by atoms with Gasteiger partial charge in [0.15, 0.2) is 0 Å². The van der Waals surface area contributed by atoms with Crippen molar-refractivity contribution in [3.05, 3.63) is 59.7 Å². The van der Waals surface area contributed by atoms with Crippen molar-refractivity contribution in [1.82, 2.24) is 15.2 Å². The Labute approximate surface area is 157 Å². The number of nitrogens with one attached hydrogen (secondary N) is 2. The quantitative estimate of drug-likeness (QED) is 0.867. The number of hydrogen-bond acceptors (Lipinski definition) is 4. The summed E-state index contributed by atoms with van der Waals surface area (Å²) in [5.74, 6) is -0.638. The van der Waals surface area contributed by atoms with Gasteiger partial charge in [-0.1, -0.05) is 6.07 Å². The Bertz CT molecular complexity index is 830. The van der Waals surface area contributed by atoms with E-state index in [1.807, 2.05) is 6.92 Å². The minimum absolute atomic E-state index is 0.0984. The van der Waals surface area contributed by atoms with Crippen molar-refractivity contribution >= 4 is 17.5 Å². The van der Waals surface area contributed by atoms with E-state index >= 15 is 0 Å². The molecule has 1 aromatic carbocycles. The lowest BCUT2D eigenvalue weighted by atomic mass is 9.85. The second-order valence-electron chi connectivity index (χ2n) is 6.78. The highest BCUT2D eigenvalue weighted by Gasteiger charge is 2.42. The fourth-order valence-corrected chi connectivity index (χ4v) is 3.36. The number of anilines is 1. The van der Waals surface area contributed by atoms with Crippen LogP contribution in [-0.2, 0) is 4.79 Å². The molecule has 2 amide bonds. The molecule has 7 heteroatoms. The Balaban J connectivity index is 1.74. The predicted octanol–water partition coefficient (Wildman–Crippen LogP) is 2.36. The number of carbonyl (C=O) groups is 2. The van der Waals surface area contributed by atoms with Crippen molar-refractivity contribution in [1.29, 1.82) is 0 Å². The van der Waals surface area contributed by atoms with Crippen LogP contribution in [0.3, 0.4) is 0 Å². The number of aromatic nitrogens is 1. The zero-order chi connectivity index (χ0) is 19.4. The highest BCUT2D eigenvalue weighted by atomic mass is 19.1. The fourth-order valence-electron chi connectivity index (χ4n) is 3.36. The SMILES string of the molecule is CNC(=O)C1(Nc2cccc(F)c2)CCN(C(=O)c2ccc(C)nc2)CC1. The number of amides is 2. The third-order valence-corrected chi connectivity index (χ3v) is 4.93. The number of nitrogens with zero attached hydrogens (tertiary/aromatic N) is 2. The van der Waals surface area contributed by atoms with Gasteiger partial charge in [0.25, 0.3) is 5.91 Å². The molecule has 0 atom stereocenters. The van der Waals surface area contributed by atoms with Crippen LogP contribution in [0.15, 0.2) is 42.6 Å². The van der Waals surface area contributed by atoms with Gasteiger partial charge in [-0.25, -0.2) is 4.39 Å². The molecule has 0 spiro atoms. The molecule has 2 heterocycles. The first-order valence-electron chi connectivity index (χ1n) is 8.91. The van der Waals surface area contributed by atoms with Crippen molar-refractivity contribution < 1.29 is 14.0 Å². The smallest absolute Gasteiger partial charge is 0.255 e. The number of halogens is 1. The van der Waals surface area contributed by atoms with E-state index in [0.717, 1.165) is 5.69 Å². The molecule has 1 saturated heterocycles. The van der Waals surface area contributed by atoms with Crippen LogP contribution in [0.1, 0.15) is 28.9 Å². The second kappa shape index (κ2) is 7.73. The van der Waals surface area contributed by atoms with Crippen LogP contribution in [0, 0.1) is 12.7 Å². The molecule has 0 bridgehead atoms. The summed E-state index contributed by atoms with van der Waals surface area (Å²) >= 11 is 0.